The molecule has 7 amide bonds. The van der Waals surface area contributed by atoms with E-state index in [9.17, 15) is 47.9 Å². The number of hydrogen-bond acceptors (Lipinski definition) is 13. The zero-order chi connectivity index (χ0) is 54.8. The molecule has 1 aromatic carbocycles. The summed E-state index contributed by atoms with van der Waals surface area (Å²) in [5.41, 5.74) is -0.847. The van der Waals surface area contributed by atoms with Crippen molar-refractivity contribution in [1.82, 2.24) is 36.8 Å². The number of nitrogens with one attached hydrogen (secondary N) is 6. The van der Waals surface area contributed by atoms with Crippen LogP contribution in [-0.2, 0) is 62.2 Å². The number of benzene rings is 1. The number of hydrogen-bond donors (Lipinski definition) is 7. The Bertz CT molecular complexity index is 2130. The molecule has 1 saturated carbocycles. The number of ether oxygens (including phenoxy) is 2. The number of rotatable bonds is 25. The number of esters is 2. The molecule has 406 valence electrons. The molecule has 73 heavy (non-hydrogen) atoms. The van der Waals surface area contributed by atoms with Crippen LogP contribution in [-0.4, -0.2) is 136 Å². The molecule has 7 unspecified atom stereocenters. The molecule has 0 spiro atoms. The maximum atomic E-state index is 15.2. The van der Waals surface area contributed by atoms with Crippen LogP contribution in [0.2, 0.25) is 0 Å². The Labute approximate surface area is 428 Å². The molecule has 2 aliphatic rings. The first kappa shape index (κ1) is 60.9. The van der Waals surface area contributed by atoms with Gasteiger partial charge in [-0.1, -0.05) is 76.8 Å². The topological polar surface area (TPSA) is 302 Å². The number of nitrogens with zero attached hydrogens (tertiary/aromatic N) is 1. The highest BCUT2D eigenvalue weighted by Crippen LogP contribution is 2.35. The quantitative estimate of drug-likeness (QED) is 0.0548. The summed E-state index contributed by atoms with van der Waals surface area (Å²) in [6.45, 7) is 15.5. The maximum Gasteiger partial charge on any atom is 0.322 e. The van der Waals surface area contributed by atoms with E-state index in [0.717, 1.165) is 24.8 Å². The van der Waals surface area contributed by atoms with E-state index in [-0.39, 0.29) is 56.9 Å². The summed E-state index contributed by atoms with van der Waals surface area (Å²) in [7, 11) is 0. The molecule has 0 bridgehead atoms. The number of carbonyl (C=O) groups is 11. The number of amides is 7. The second-order valence-electron chi connectivity index (χ2n) is 21.3. The fourth-order valence-corrected chi connectivity index (χ4v) is 8.95. The third kappa shape index (κ3) is 20.6. The highest BCUT2D eigenvalue weighted by Gasteiger charge is 2.46. The summed E-state index contributed by atoms with van der Waals surface area (Å²) in [5, 5.41) is 24.5. The first-order valence-corrected chi connectivity index (χ1v) is 25.4. The number of carboxylic acids is 1. The number of carbonyl (C=O) groups excluding carboxylic acids is 10. The second kappa shape index (κ2) is 28.2. The van der Waals surface area contributed by atoms with Gasteiger partial charge in [0, 0.05) is 32.2 Å². The number of likely N-dealkylation sites (tertiary alicyclic amines) is 1. The van der Waals surface area contributed by atoms with Crippen LogP contribution in [0.15, 0.2) is 30.3 Å². The molecule has 7 atom stereocenters. The largest absolute Gasteiger partial charge is 0.480 e. The second-order valence-corrected chi connectivity index (χ2v) is 21.3. The van der Waals surface area contributed by atoms with E-state index >= 15 is 4.79 Å². The van der Waals surface area contributed by atoms with Crippen molar-refractivity contribution in [2.24, 2.45) is 11.8 Å². The molecule has 1 aliphatic carbocycles. The van der Waals surface area contributed by atoms with Crippen LogP contribution in [0.25, 0.3) is 0 Å². The van der Waals surface area contributed by atoms with Crippen LogP contribution in [0.3, 0.4) is 0 Å². The van der Waals surface area contributed by atoms with Gasteiger partial charge in [0.05, 0.1) is 6.04 Å². The van der Waals surface area contributed by atoms with E-state index < -0.39 is 125 Å². The van der Waals surface area contributed by atoms with Crippen molar-refractivity contribution in [3.63, 3.8) is 0 Å². The molecule has 1 aliphatic heterocycles. The van der Waals surface area contributed by atoms with E-state index in [1.165, 1.54) is 11.8 Å². The van der Waals surface area contributed by atoms with Gasteiger partial charge in [0.2, 0.25) is 41.2 Å². The van der Waals surface area contributed by atoms with E-state index in [2.05, 4.69) is 26.6 Å². The molecule has 1 aromatic rings. The van der Waals surface area contributed by atoms with Crippen LogP contribution in [0.1, 0.15) is 158 Å². The highest BCUT2D eigenvalue weighted by molar-refractivity contribution is 6.38. The molecular formula is C52H79N7O14. The van der Waals surface area contributed by atoms with Gasteiger partial charge in [0.1, 0.15) is 48.0 Å². The van der Waals surface area contributed by atoms with Crippen molar-refractivity contribution < 1.29 is 67.3 Å². The average Bonchev–Trinajstić information content (AvgIpc) is 3.76. The van der Waals surface area contributed by atoms with Gasteiger partial charge in [0.15, 0.2) is 0 Å². The summed E-state index contributed by atoms with van der Waals surface area (Å²) < 4.78 is 10.8. The molecule has 21 nitrogen and oxygen atoms in total. The summed E-state index contributed by atoms with van der Waals surface area (Å²) in [6.07, 6.45) is 3.00. The van der Waals surface area contributed by atoms with Crippen molar-refractivity contribution in [2.75, 3.05) is 13.1 Å². The summed E-state index contributed by atoms with van der Waals surface area (Å²) in [6, 6.07) is 1.48. The lowest BCUT2D eigenvalue weighted by Gasteiger charge is -2.36. The normalized spacial score (nSPS) is 18.2. The molecular weight excluding hydrogens is 947 g/mol. The number of carboxylic acid groups (broad SMARTS) is 1. The predicted molar refractivity (Wildman–Crippen MR) is 267 cm³/mol. The third-order valence-corrected chi connectivity index (χ3v) is 12.4. The Morgan fingerprint density at radius 3 is 1.75 bits per heavy atom. The van der Waals surface area contributed by atoms with Crippen molar-refractivity contribution in [2.45, 2.75) is 200 Å². The number of aliphatic carboxylic acids is 1. The summed E-state index contributed by atoms with van der Waals surface area (Å²) in [4.78, 5) is 149. The summed E-state index contributed by atoms with van der Waals surface area (Å²) in [5.74, 6) is -10.5. The van der Waals surface area contributed by atoms with Crippen LogP contribution in [0.5, 0.6) is 0 Å². The van der Waals surface area contributed by atoms with Crippen molar-refractivity contribution in [3.8, 4) is 0 Å². The lowest BCUT2D eigenvalue weighted by atomic mass is 9.83. The lowest BCUT2D eigenvalue weighted by molar-refractivity contribution is -0.156. The van der Waals surface area contributed by atoms with Gasteiger partial charge >= 0.3 is 17.9 Å². The van der Waals surface area contributed by atoms with E-state index in [0.29, 0.717) is 19.3 Å². The fraction of sp³-hybridized carbons (Fsp3) is 0.673. The highest BCUT2D eigenvalue weighted by atomic mass is 16.6. The zero-order valence-electron chi connectivity index (χ0n) is 44.2. The molecule has 7 N–H and O–H groups in total. The predicted octanol–water partition coefficient (Wildman–Crippen LogP) is 2.87. The average molecular weight is 1030 g/mol. The molecule has 0 aromatic heterocycles. The van der Waals surface area contributed by atoms with Gasteiger partial charge in [-0.05, 0) is 97.5 Å². The standard InChI is InChI=1S/C52H79N7O14/c1-11-18-35(44(65)49(70)53-28-39(61)62)55-47(68)38-27-34(32-19-14-12-15-20-32)29-59(38)50(71)43(33-21-16-13-17-22-33)58-48(69)42(30(2)3)57-46(67)37(24-26-41(64)73-52(8,9)10)56-45(66)36(54-31(4)60)23-25-40(63)72-51(5,6)7/h12,14-15,19-20,30,33-38,42-43H,11,13,16-18,21-29H2,1-10H3,(H,53,70)(H,54,60)(H,55,68)(H,56,66)(H,57,67)(H,58,69)(H,61,62). The zero-order valence-corrected chi connectivity index (χ0v) is 44.2. The maximum absolute atomic E-state index is 15.2. The van der Waals surface area contributed by atoms with Gasteiger partial charge < -0.3 is 51.4 Å². The van der Waals surface area contributed by atoms with Gasteiger partial charge in [-0.15, -0.1) is 0 Å². The molecule has 21 heteroatoms. The molecule has 1 saturated heterocycles. The van der Waals surface area contributed by atoms with Gasteiger partial charge in [-0.25, -0.2) is 0 Å². The van der Waals surface area contributed by atoms with E-state index in [1.807, 2.05) is 35.6 Å². The van der Waals surface area contributed by atoms with Crippen molar-refractivity contribution >= 4 is 65.0 Å². The first-order chi connectivity index (χ1) is 34.1. The SMILES string of the molecule is CCCC(NC(=O)C1CC(c2ccccc2)CN1C(=O)C(NC(=O)C(NC(=O)C(CCC(=O)OC(C)(C)C)NC(=O)C(CCC(=O)OC(C)(C)C)NC(C)=O)C(C)C)C1CCCCC1)C(=O)C(=O)NCC(=O)O. The smallest absolute Gasteiger partial charge is 0.322 e. The van der Waals surface area contributed by atoms with Gasteiger partial charge in [-0.3, -0.25) is 52.7 Å². The van der Waals surface area contributed by atoms with Gasteiger partial charge in [-0.2, -0.15) is 0 Å². The van der Waals surface area contributed by atoms with Gasteiger partial charge in [0.25, 0.3) is 5.91 Å². The molecule has 1 heterocycles. The Balaban J connectivity index is 1.98. The van der Waals surface area contributed by atoms with Crippen LogP contribution >= 0.6 is 0 Å². The first-order valence-electron chi connectivity index (χ1n) is 25.4. The minimum absolute atomic E-state index is 0.0481. The minimum atomic E-state index is -1.46. The Morgan fingerprint density at radius 2 is 1.25 bits per heavy atom. The molecule has 3 rings (SSSR count). The number of Topliss-reactive ketones (excluding diaryl/α,β-unsaturated/α-hetero) is 1. The van der Waals surface area contributed by atoms with E-state index in [1.54, 1.807) is 62.3 Å². The summed E-state index contributed by atoms with van der Waals surface area (Å²) >= 11 is 0. The number of ketones is 1. The van der Waals surface area contributed by atoms with Crippen molar-refractivity contribution in [1.29, 1.82) is 0 Å². The fourth-order valence-electron chi connectivity index (χ4n) is 8.95. The minimum Gasteiger partial charge on any atom is -0.480 e. The van der Waals surface area contributed by atoms with Crippen LogP contribution in [0, 0.1) is 11.8 Å². The third-order valence-electron chi connectivity index (χ3n) is 12.4. The Kier molecular flexibility index (Phi) is 23.5. The van der Waals surface area contributed by atoms with Crippen LogP contribution in [0.4, 0.5) is 0 Å². The molecule has 0 radical (unpaired) electrons. The Morgan fingerprint density at radius 1 is 0.699 bits per heavy atom. The molecule has 2 fully saturated rings. The van der Waals surface area contributed by atoms with Crippen LogP contribution < -0.4 is 31.9 Å². The monoisotopic (exact) mass is 1030 g/mol. The lowest BCUT2D eigenvalue weighted by Crippen LogP contribution is -2.61. The Hall–Kier alpha value is -6.41. The van der Waals surface area contributed by atoms with Crippen molar-refractivity contribution in [3.05, 3.63) is 35.9 Å². The van der Waals surface area contributed by atoms with E-state index in [4.69, 9.17) is 14.6 Å².